The van der Waals surface area contributed by atoms with Crippen molar-refractivity contribution in [2.45, 2.75) is 68.7 Å². The number of amides is 1. The first kappa shape index (κ1) is 48.5. The first-order chi connectivity index (χ1) is 21.4. The van der Waals surface area contributed by atoms with Gasteiger partial charge in [-0.1, -0.05) is 77.8 Å². The molecule has 2 rings (SSSR count). The third kappa shape index (κ3) is 31.8. The number of hydrogen-bond donors (Lipinski definition) is 1. The SMILES string of the molecule is C/C=C(\C=C/CCN(C)CC)NC=O.C=C(C#Cc1cnc2cccnn12)C=C(C)C.C=CC(C)C.CC.CCN(C)C.CCl. The summed E-state index contributed by atoms with van der Waals surface area (Å²) in [5.74, 6) is 6.65. The van der Waals surface area contributed by atoms with Crippen LogP contribution in [0.2, 0.25) is 0 Å². The summed E-state index contributed by atoms with van der Waals surface area (Å²) in [5, 5.41) is 6.80. The van der Waals surface area contributed by atoms with E-state index in [4.69, 9.17) is 0 Å². The zero-order valence-corrected chi connectivity index (χ0v) is 31.4. The monoisotopic (exact) mass is 642 g/mol. The first-order valence-corrected chi connectivity index (χ1v) is 16.2. The Balaban J connectivity index is -0.000000268. The zero-order valence-electron chi connectivity index (χ0n) is 30.6. The number of carbonyl (C=O) groups is 1. The fourth-order valence-electron chi connectivity index (χ4n) is 2.40. The Hall–Kier alpha value is -3.44. The molecule has 7 nitrogen and oxygen atoms in total. The number of fused-ring (bicyclic) bond motifs is 1. The van der Waals surface area contributed by atoms with Gasteiger partial charge in [0.05, 0.1) is 6.20 Å². The molecule has 0 atom stereocenters. The van der Waals surface area contributed by atoms with Crippen molar-refractivity contribution in [3.63, 3.8) is 0 Å². The predicted octanol–water partition coefficient (Wildman–Crippen LogP) is 8.41. The van der Waals surface area contributed by atoms with E-state index in [0.29, 0.717) is 12.3 Å². The Bertz CT molecular complexity index is 1160. The molecule has 0 aromatic carbocycles. The van der Waals surface area contributed by atoms with Crippen molar-refractivity contribution in [3.8, 4) is 11.8 Å². The van der Waals surface area contributed by atoms with Crippen molar-refractivity contribution in [1.29, 1.82) is 0 Å². The second-order valence-corrected chi connectivity index (χ2v) is 9.90. The van der Waals surface area contributed by atoms with Gasteiger partial charge >= 0.3 is 0 Å². The molecule has 1 amide bonds. The third-order valence-electron chi connectivity index (χ3n) is 5.25. The minimum Gasteiger partial charge on any atom is -0.329 e. The molecule has 2 aromatic rings. The fraction of sp³-hybridized carbons (Fsp3) is 0.486. The number of rotatable bonds is 10. The standard InChI is InChI=1S/C14H13N3.C11H20N2O.C5H10.C4H11N.C2H6.CH3Cl/c1-11(2)9-12(3)6-7-13-10-15-14-5-4-8-16-17(13)14;1-4-11(12-10-14)8-6-7-9-13(3)5-2;2*1-4-5(2)3;2*1-2/h4-5,8-10H,3H2,1-2H3;4,6,8,10H,5,7,9H2,1-3H3,(H,12,14);4-5H,1H2,2-3H3;4H2,1-3H3;1-2H3;1H3/b;8-6-,11-4+;;;;. The van der Waals surface area contributed by atoms with Crippen molar-refractivity contribution < 1.29 is 4.79 Å². The topological polar surface area (TPSA) is 65.8 Å². The van der Waals surface area contributed by atoms with E-state index in [9.17, 15) is 4.79 Å². The lowest BCUT2D eigenvalue weighted by atomic mass is 10.2. The van der Waals surface area contributed by atoms with Crippen molar-refractivity contribution >= 4 is 23.7 Å². The van der Waals surface area contributed by atoms with Gasteiger partial charge in [-0.25, -0.2) is 9.50 Å². The van der Waals surface area contributed by atoms with Crippen LogP contribution >= 0.6 is 11.6 Å². The summed E-state index contributed by atoms with van der Waals surface area (Å²) < 4.78 is 1.71. The van der Waals surface area contributed by atoms with Crippen LogP contribution in [0.25, 0.3) is 5.65 Å². The van der Waals surface area contributed by atoms with Crippen LogP contribution in [0.1, 0.15) is 74.4 Å². The molecular weight excluding hydrogens is 580 g/mol. The minimum absolute atomic E-state index is 0.648. The number of alkyl halides is 1. The lowest BCUT2D eigenvalue weighted by Crippen LogP contribution is -2.18. The highest BCUT2D eigenvalue weighted by atomic mass is 35.5. The van der Waals surface area contributed by atoms with E-state index >= 15 is 0 Å². The summed E-state index contributed by atoms with van der Waals surface area (Å²) in [6.07, 6.45) is 16.3. The van der Waals surface area contributed by atoms with Gasteiger partial charge in [0.25, 0.3) is 0 Å². The number of allylic oxidation sites excluding steroid dienone is 6. The number of halogens is 1. The van der Waals surface area contributed by atoms with E-state index in [0.717, 1.165) is 48.7 Å². The molecule has 0 fully saturated rings. The number of nitrogens with one attached hydrogen (secondary N) is 1. The molecule has 0 spiro atoms. The Morgan fingerprint density at radius 3 is 2.18 bits per heavy atom. The summed E-state index contributed by atoms with van der Waals surface area (Å²) in [6, 6.07) is 3.74. The highest BCUT2D eigenvalue weighted by molar-refractivity contribution is 6.15. The van der Waals surface area contributed by atoms with E-state index in [2.05, 4.69) is 117 Å². The Morgan fingerprint density at radius 1 is 1.16 bits per heavy atom. The fourth-order valence-corrected chi connectivity index (χ4v) is 2.40. The second-order valence-electron chi connectivity index (χ2n) is 9.90. The van der Waals surface area contributed by atoms with Crippen LogP contribution < -0.4 is 5.32 Å². The van der Waals surface area contributed by atoms with E-state index in [1.165, 1.54) is 12.0 Å². The van der Waals surface area contributed by atoms with E-state index in [1.54, 1.807) is 16.9 Å². The molecular formula is C37H63ClN6O. The van der Waals surface area contributed by atoms with Gasteiger partial charge in [-0.15, -0.1) is 18.2 Å². The quantitative estimate of drug-likeness (QED) is 0.0927. The summed E-state index contributed by atoms with van der Waals surface area (Å²) in [7, 11) is 6.20. The largest absolute Gasteiger partial charge is 0.329 e. The number of aromatic nitrogens is 3. The smallest absolute Gasteiger partial charge is 0.211 e. The molecule has 0 unspecified atom stereocenters. The average Bonchev–Trinajstić information content (AvgIpc) is 3.46. The Kier molecular flexibility index (Phi) is 37.7. The molecule has 0 radical (unpaired) electrons. The van der Waals surface area contributed by atoms with E-state index < -0.39 is 0 Å². The first-order valence-electron chi connectivity index (χ1n) is 15.5. The van der Waals surface area contributed by atoms with Crippen molar-refractivity contribution in [3.05, 3.63) is 90.6 Å². The molecule has 1 N–H and O–H groups in total. The van der Waals surface area contributed by atoms with Gasteiger partial charge in [-0.3, -0.25) is 4.79 Å². The highest BCUT2D eigenvalue weighted by Gasteiger charge is 1.99. The minimum atomic E-state index is 0.648. The predicted molar refractivity (Wildman–Crippen MR) is 201 cm³/mol. The molecule has 254 valence electrons. The maximum absolute atomic E-state index is 10.2. The van der Waals surface area contributed by atoms with Crippen LogP contribution in [0.5, 0.6) is 0 Å². The molecule has 8 heteroatoms. The maximum atomic E-state index is 10.2. The number of nitrogens with zero attached hydrogens (tertiary/aromatic N) is 5. The van der Waals surface area contributed by atoms with Crippen LogP contribution in [-0.2, 0) is 4.79 Å². The molecule has 45 heavy (non-hydrogen) atoms. The molecule has 0 aliphatic heterocycles. The van der Waals surface area contributed by atoms with E-state index in [1.807, 2.05) is 71.1 Å². The number of carbonyl (C=O) groups excluding carboxylic acids is 1. The lowest BCUT2D eigenvalue weighted by Gasteiger charge is -2.11. The van der Waals surface area contributed by atoms with Crippen LogP contribution in [0.3, 0.4) is 0 Å². The Morgan fingerprint density at radius 2 is 1.73 bits per heavy atom. The number of imidazole rings is 1. The molecule has 0 aliphatic carbocycles. The number of hydrogen-bond acceptors (Lipinski definition) is 5. The molecule has 2 aromatic heterocycles. The highest BCUT2D eigenvalue weighted by Crippen LogP contribution is 2.03. The van der Waals surface area contributed by atoms with Gasteiger partial charge in [0.2, 0.25) is 6.41 Å². The van der Waals surface area contributed by atoms with Gasteiger partial charge in [-0.2, -0.15) is 5.10 Å². The normalized spacial score (nSPS) is 9.76. The van der Waals surface area contributed by atoms with Crippen LogP contribution in [-0.4, -0.2) is 78.0 Å². The van der Waals surface area contributed by atoms with Gasteiger partial charge in [-0.05, 0) is 97.5 Å². The molecule has 0 aliphatic rings. The summed E-state index contributed by atoms with van der Waals surface area (Å²) in [5.41, 5.74) is 4.38. The Labute approximate surface area is 281 Å². The van der Waals surface area contributed by atoms with Crippen molar-refractivity contribution in [1.82, 2.24) is 29.7 Å². The average molecular weight is 643 g/mol. The molecule has 0 saturated carbocycles. The summed E-state index contributed by atoms with van der Waals surface area (Å²) in [4.78, 5) is 18.7. The van der Waals surface area contributed by atoms with Gasteiger partial charge < -0.3 is 15.1 Å². The summed E-state index contributed by atoms with van der Waals surface area (Å²) in [6.45, 7) is 29.1. The second kappa shape index (κ2) is 35.0. The van der Waals surface area contributed by atoms with E-state index in [-0.39, 0.29) is 0 Å². The van der Waals surface area contributed by atoms with Gasteiger partial charge in [0.1, 0.15) is 5.69 Å². The van der Waals surface area contributed by atoms with Gasteiger partial charge in [0.15, 0.2) is 5.65 Å². The molecule has 2 heterocycles. The van der Waals surface area contributed by atoms with Crippen LogP contribution in [0, 0.1) is 17.8 Å². The van der Waals surface area contributed by atoms with Crippen molar-refractivity contribution in [2.75, 3.05) is 47.2 Å². The molecule has 0 saturated heterocycles. The molecule has 0 bridgehead atoms. The maximum Gasteiger partial charge on any atom is 0.211 e. The van der Waals surface area contributed by atoms with Crippen LogP contribution in [0.15, 0.2) is 84.9 Å². The zero-order chi connectivity index (χ0) is 35.6. The summed E-state index contributed by atoms with van der Waals surface area (Å²) >= 11 is 4.64. The third-order valence-corrected chi connectivity index (χ3v) is 5.25. The van der Waals surface area contributed by atoms with Gasteiger partial charge in [0, 0.05) is 30.4 Å². The van der Waals surface area contributed by atoms with Crippen molar-refractivity contribution in [2.24, 2.45) is 5.92 Å². The lowest BCUT2D eigenvalue weighted by molar-refractivity contribution is -0.108. The van der Waals surface area contributed by atoms with Crippen LogP contribution in [0.4, 0.5) is 0 Å².